The molecular formula is C19H17BrN4O4. The number of halogens is 1. The fraction of sp³-hybridized carbons (Fsp3) is 0.158. The number of aromatic hydroxyl groups is 1. The Morgan fingerprint density at radius 3 is 2.86 bits per heavy atom. The van der Waals surface area contributed by atoms with Gasteiger partial charge < -0.3 is 20.1 Å². The first kappa shape index (κ1) is 19.6. The number of fused-ring (bicyclic) bond motifs is 1. The molecule has 2 aromatic carbocycles. The molecule has 8 nitrogen and oxygen atoms in total. The number of ether oxygens (including phenoxy) is 1. The lowest BCUT2D eigenvalue weighted by Gasteiger charge is -2.06. The number of benzene rings is 2. The molecule has 0 spiro atoms. The number of nitrogens with one attached hydrogen (secondary N) is 2. The summed E-state index contributed by atoms with van der Waals surface area (Å²) in [4.78, 5) is 26.4. The first-order valence-electron chi connectivity index (χ1n) is 8.33. The summed E-state index contributed by atoms with van der Waals surface area (Å²) < 4.78 is 6.15. The van der Waals surface area contributed by atoms with E-state index in [1.54, 1.807) is 30.3 Å². The Hall–Kier alpha value is -3.20. The van der Waals surface area contributed by atoms with E-state index in [1.807, 2.05) is 19.1 Å². The van der Waals surface area contributed by atoms with Crippen molar-refractivity contribution in [1.82, 2.24) is 10.3 Å². The SMILES string of the molecule is Cc1cccc(OCC(=O)NCC(=O)N=Nc2c(O)[nH]c3ccc(Br)cc23)c1. The van der Waals surface area contributed by atoms with E-state index in [1.165, 1.54) is 0 Å². The van der Waals surface area contributed by atoms with Crippen molar-refractivity contribution in [1.29, 1.82) is 0 Å². The minimum Gasteiger partial charge on any atom is -0.493 e. The van der Waals surface area contributed by atoms with Crippen molar-refractivity contribution in [2.75, 3.05) is 13.2 Å². The molecule has 0 unspecified atom stereocenters. The molecule has 1 aromatic heterocycles. The highest BCUT2D eigenvalue weighted by Gasteiger charge is 2.12. The summed E-state index contributed by atoms with van der Waals surface area (Å²) in [5.74, 6) is -0.737. The van der Waals surface area contributed by atoms with Gasteiger partial charge >= 0.3 is 0 Å². The fourth-order valence-corrected chi connectivity index (χ4v) is 2.82. The van der Waals surface area contributed by atoms with Gasteiger partial charge in [-0.05, 0) is 42.8 Å². The van der Waals surface area contributed by atoms with Gasteiger partial charge in [0.2, 0.25) is 5.88 Å². The summed E-state index contributed by atoms with van der Waals surface area (Å²) >= 11 is 3.34. The van der Waals surface area contributed by atoms with E-state index >= 15 is 0 Å². The zero-order valence-electron chi connectivity index (χ0n) is 14.9. The van der Waals surface area contributed by atoms with Crippen LogP contribution in [-0.4, -0.2) is 35.1 Å². The van der Waals surface area contributed by atoms with Crippen molar-refractivity contribution in [3.05, 3.63) is 52.5 Å². The molecule has 0 fully saturated rings. The second-order valence-electron chi connectivity index (χ2n) is 5.99. The average molecular weight is 445 g/mol. The summed E-state index contributed by atoms with van der Waals surface area (Å²) in [5, 5.41) is 20.3. The summed E-state index contributed by atoms with van der Waals surface area (Å²) in [5.41, 5.74) is 1.82. The molecule has 0 saturated carbocycles. The number of hydrogen-bond acceptors (Lipinski definition) is 5. The molecule has 0 bridgehead atoms. The summed E-state index contributed by atoms with van der Waals surface area (Å²) in [6.45, 7) is 1.37. The molecule has 1 heterocycles. The second kappa shape index (κ2) is 8.66. The molecule has 0 radical (unpaired) electrons. The van der Waals surface area contributed by atoms with Gasteiger partial charge in [0.05, 0.1) is 5.52 Å². The lowest BCUT2D eigenvalue weighted by atomic mass is 10.2. The van der Waals surface area contributed by atoms with Gasteiger partial charge in [-0.3, -0.25) is 9.59 Å². The van der Waals surface area contributed by atoms with Crippen LogP contribution >= 0.6 is 15.9 Å². The van der Waals surface area contributed by atoms with Gasteiger partial charge in [0.15, 0.2) is 12.3 Å². The molecule has 3 N–H and O–H groups in total. The number of aryl methyl sites for hydroxylation is 1. The lowest BCUT2D eigenvalue weighted by Crippen LogP contribution is -2.32. The molecule has 2 amide bonds. The van der Waals surface area contributed by atoms with E-state index in [2.05, 4.69) is 36.5 Å². The maximum absolute atomic E-state index is 11.9. The monoisotopic (exact) mass is 444 g/mol. The van der Waals surface area contributed by atoms with E-state index in [0.29, 0.717) is 16.7 Å². The third kappa shape index (κ3) is 4.95. The normalized spacial score (nSPS) is 11.1. The molecule has 3 aromatic rings. The van der Waals surface area contributed by atoms with Crippen molar-refractivity contribution >= 4 is 44.3 Å². The van der Waals surface area contributed by atoms with E-state index in [4.69, 9.17) is 4.74 Å². The van der Waals surface area contributed by atoms with Crippen molar-refractivity contribution in [3.8, 4) is 11.6 Å². The Morgan fingerprint density at radius 1 is 1.25 bits per heavy atom. The fourth-order valence-electron chi connectivity index (χ4n) is 2.46. The van der Waals surface area contributed by atoms with Crippen LogP contribution in [0.15, 0.2) is 57.2 Å². The molecule has 3 rings (SSSR count). The average Bonchev–Trinajstić information content (AvgIpc) is 2.97. The van der Waals surface area contributed by atoms with Crippen molar-refractivity contribution < 1.29 is 19.4 Å². The van der Waals surface area contributed by atoms with Crippen LogP contribution in [0.1, 0.15) is 5.56 Å². The number of H-pyrrole nitrogens is 1. The predicted octanol–water partition coefficient (Wildman–Crippen LogP) is 3.75. The second-order valence-corrected chi connectivity index (χ2v) is 6.90. The number of aromatic amines is 1. The van der Waals surface area contributed by atoms with Crippen molar-refractivity contribution in [2.45, 2.75) is 6.92 Å². The number of aromatic nitrogens is 1. The quantitative estimate of drug-likeness (QED) is 0.501. The first-order chi connectivity index (χ1) is 13.4. The summed E-state index contributed by atoms with van der Waals surface area (Å²) in [7, 11) is 0. The van der Waals surface area contributed by atoms with Crippen LogP contribution < -0.4 is 10.1 Å². The molecule has 9 heteroatoms. The molecule has 28 heavy (non-hydrogen) atoms. The predicted molar refractivity (Wildman–Crippen MR) is 107 cm³/mol. The summed E-state index contributed by atoms with van der Waals surface area (Å²) in [6, 6.07) is 12.6. The standard InChI is InChI=1S/C19H17BrN4O4/c1-11-3-2-4-13(7-11)28-10-17(26)21-9-16(25)23-24-18-14-8-12(20)5-6-15(14)22-19(18)27/h2-8,22,27H,9-10H2,1H3,(H,21,26). The molecule has 144 valence electrons. The highest BCUT2D eigenvalue weighted by atomic mass is 79.9. The van der Waals surface area contributed by atoms with Gasteiger partial charge in [0, 0.05) is 9.86 Å². The van der Waals surface area contributed by atoms with E-state index in [0.717, 1.165) is 10.0 Å². The van der Waals surface area contributed by atoms with Gasteiger partial charge in [0.1, 0.15) is 12.3 Å². The van der Waals surface area contributed by atoms with Crippen LogP contribution in [0.25, 0.3) is 10.9 Å². The zero-order chi connectivity index (χ0) is 20.1. The first-order valence-corrected chi connectivity index (χ1v) is 9.12. The van der Waals surface area contributed by atoms with Crippen LogP contribution in [0, 0.1) is 6.92 Å². The highest BCUT2D eigenvalue weighted by molar-refractivity contribution is 9.10. The van der Waals surface area contributed by atoms with Crippen LogP contribution in [0.5, 0.6) is 11.6 Å². The molecule has 0 aliphatic carbocycles. The number of hydrogen-bond donors (Lipinski definition) is 3. The zero-order valence-corrected chi connectivity index (χ0v) is 16.5. The van der Waals surface area contributed by atoms with Crippen LogP contribution in [-0.2, 0) is 9.59 Å². The minimum atomic E-state index is -0.660. The van der Waals surface area contributed by atoms with E-state index in [-0.39, 0.29) is 24.7 Å². The molecule has 0 aliphatic rings. The van der Waals surface area contributed by atoms with Crippen molar-refractivity contribution in [2.24, 2.45) is 10.2 Å². The van der Waals surface area contributed by atoms with Gasteiger partial charge in [-0.25, -0.2) is 0 Å². The number of azo groups is 1. The molecule has 0 atom stereocenters. The van der Waals surface area contributed by atoms with Gasteiger partial charge in [-0.1, -0.05) is 28.1 Å². The molecule has 0 saturated heterocycles. The third-order valence-corrected chi connectivity index (χ3v) is 4.27. The van der Waals surface area contributed by atoms with Gasteiger partial charge in [-0.15, -0.1) is 10.2 Å². The number of rotatable bonds is 6. The number of nitrogens with zero attached hydrogens (tertiary/aromatic N) is 2. The highest BCUT2D eigenvalue weighted by Crippen LogP contribution is 2.36. The Kier molecular flexibility index (Phi) is 6.05. The van der Waals surface area contributed by atoms with Gasteiger partial charge in [-0.2, -0.15) is 0 Å². The number of amides is 2. The third-order valence-electron chi connectivity index (χ3n) is 3.77. The number of carbonyl (C=O) groups is 2. The Morgan fingerprint density at radius 2 is 2.07 bits per heavy atom. The molecular weight excluding hydrogens is 428 g/mol. The van der Waals surface area contributed by atoms with E-state index in [9.17, 15) is 14.7 Å². The van der Waals surface area contributed by atoms with Gasteiger partial charge in [0.25, 0.3) is 11.8 Å². The summed E-state index contributed by atoms with van der Waals surface area (Å²) in [6.07, 6.45) is 0. The van der Waals surface area contributed by atoms with E-state index < -0.39 is 11.8 Å². The Labute approximate surface area is 168 Å². The Balaban J connectivity index is 1.53. The maximum Gasteiger partial charge on any atom is 0.283 e. The van der Waals surface area contributed by atoms with Crippen LogP contribution in [0.4, 0.5) is 5.69 Å². The van der Waals surface area contributed by atoms with Crippen LogP contribution in [0.3, 0.4) is 0 Å². The Bertz CT molecular complexity index is 1060. The minimum absolute atomic E-state index is 0.152. The molecule has 0 aliphatic heterocycles. The number of carbonyl (C=O) groups excluding carboxylic acids is 2. The lowest BCUT2D eigenvalue weighted by molar-refractivity contribution is -0.126. The van der Waals surface area contributed by atoms with Crippen LogP contribution in [0.2, 0.25) is 0 Å². The topological polar surface area (TPSA) is 116 Å². The largest absolute Gasteiger partial charge is 0.493 e. The maximum atomic E-state index is 11.9. The smallest absolute Gasteiger partial charge is 0.283 e. The van der Waals surface area contributed by atoms with Crippen molar-refractivity contribution in [3.63, 3.8) is 0 Å².